The molecule has 2 bridgehead atoms. The topological polar surface area (TPSA) is 79.9 Å². The molecular weight excluding hydrogens is 370 g/mol. The van der Waals surface area contributed by atoms with Crippen LogP contribution in [0.25, 0.3) is 0 Å². The summed E-state index contributed by atoms with van der Waals surface area (Å²) in [5, 5.41) is 6.26. The van der Waals surface area contributed by atoms with Crippen LogP contribution in [0.1, 0.15) is 42.5 Å². The molecule has 3 aliphatic carbocycles. The lowest BCUT2D eigenvalue weighted by Gasteiger charge is -2.55. The predicted octanol–water partition coefficient (Wildman–Crippen LogP) is 2.02. The van der Waals surface area contributed by atoms with E-state index in [0.29, 0.717) is 30.0 Å². The van der Waals surface area contributed by atoms with Crippen molar-refractivity contribution in [2.75, 3.05) is 34.3 Å². The zero-order valence-electron chi connectivity index (χ0n) is 17.5. The molecule has 0 saturated heterocycles. The van der Waals surface area contributed by atoms with Crippen LogP contribution in [0.3, 0.4) is 0 Å². The van der Waals surface area contributed by atoms with E-state index >= 15 is 0 Å². The molecule has 4 aliphatic rings. The molecule has 2 amide bonds. The number of fused-ring (bicyclic) bond motifs is 3. The van der Waals surface area contributed by atoms with Crippen LogP contribution in [-0.2, 0) is 4.79 Å². The van der Waals surface area contributed by atoms with Gasteiger partial charge in [-0.2, -0.15) is 0 Å². The number of rotatable bonds is 6. The van der Waals surface area contributed by atoms with Gasteiger partial charge in [-0.3, -0.25) is 9.59 Å². The SMILES string of the molecule is COc1ccc2c(c1)O[C@]1(C[C@H]3CC[C@@H]1C[C@H]3C(=O)NCCCN(C)C)NC2=O. The van der Waals surface area contributed by atoms with Crippen molar-refractivity contribution >= 4 is 11.8 Å². The number of hydrogen-bond donors (Lipinski definition) is 2. The highest BCUT2D eigenvalue weighted by atomic mass is 16.5. The fourth-order valence-electron chi connectivity index (χ4n) is 5.18. The molecule has 1 heterocycles. The van der Waals surface area contributed by atoms with Crippen molar-refractivity contribution in [3.05, 3.63) is 23.8 Å². The van der Waals surface area contributed by atoms with Gasteiger partial charge < -0.3 is 25.0 Å². The first-order chi connectivity index (χ1) is 13.9. The lowest BCUT2D eigenvalue weighted by atomic mass is 9.60. The third kappa shape index (κ3) is 3.80. The van der Waals surface area contributed by atoms with E-state index in [1.165, 1.54) is 0 Å². The van der Waals surface area contributed by atoms with E-state index in [-0.39, 0.29) is 29.6 Å². The number of ether oxygens (including phenoxy) is 2. The maximum Gasteiger partial charge on any atom is 0.258 e. The first-order valence-electron chi connectivity index (χ1n) is 10.5. The van der Waals surface area contributed by atoms with Gasteiger partial charge in [-0.25, -0.2) is 0 Å². The monoisotopic (exact) mass is 401 g/mol. The van der Waals surface area contributed by atoms with Crippen LogP contribution in [0.5, 0.6) is 11.5 Å². The normalized spacial score (nSPS) is 29.9. The van der Waals surface area contributed by atoms with Gasteiger partial charge in [0, 0.05) is 30.9 Å². The minimum Gasteiger partial charge on any atom is -0.497 e. The molecule has 1 aliphatic heterocycles. The molecule has 4 atom stereocenters. The molecule has 158 valence electrons. The van der Waals surface area contributed by atoms with Crippen molar-refractivity contribution < 1.29 is 19.1 Å². The molecule has 29 heavy (non-hydrogen) atoms. The maximum atomic E-state index is 12.8. The Morgan fingerprint density at radius 1 is 1.38 bits per heavy atom. The van der Waals surface area contributed by atoms with Crippen molar-refractivity contribution in [2.45, 2.75) is 37.8 Å². The first-order valence-corrected chi connectivity index (χ1v) is 10.5. The molecular formula is C22H31N3O4. The Labute approximate surface area is 172 Å². The molecule has 0 radical (unpaired) electrons. The van der Waals surface area contributed by atoms with E-state index in [9.17, 15) is 9.59 Å². The van der Waals surface area contributed by atoms with Crippen molar-refractivity contribution in [2.24, 2.45) is 17.8 Å². The van der Waals surface area contributed by atoms with Gasteiger partial charge in [0.1, 0.15) is 11.5 Å². The number of nitrogens with one attached hydrogen (secondary N) is 2. The van der Waals surface area contributed by atoms with Crippen LogP contribution in [0.2, 0.25) is 0 Å². The van der Waals surface area contributed by atoms with E-state index in [2.05, 4.69) is 15.5 Å². The van der Waals surface area contributed by atoms with Crippen LogP contribution < -0.4 is 20.1 Å². The van der Waals surface area contributed by atoms with Crippen LogP contribution in [0.4, 0.5) is 0 Å². The first kappa shape index (κ1) is 20.0. The molecule has 3 fully saturated rings. The minimum atomic E-state index is -0.707. The predicted molar refractivity (Wildman–Crippen MR) is 109 cm³/mol. The molecule has 5 rings (SSSR count). The second kappa shape index (κ2) is 7.86. The smallest absolute Gasteiger partial charge is 0.258 e. The van der Waals surface area contributed by atoms with Gasteiger partial charge in [-0.15, -0.1) is 0 Å². The minimum absolute atomic E-state index is 0.00550. The van der Waals surface area contributed by atoms with Crippen molar-refractivity contribution in [3.63, 3.8) is 0 Å². The number of carbonyl (C=O) groups excluding carboxylic acids is 2. The lowest BCUT2D eigenvalue weighted by Crippen LogP contribution is -2.66. The van der Waals surface area contributed by atoms with Crippen LogP contribution in [-0.4, -0.2) is 56.7 Å². The summed E-state index contributed by atoms with van der Waals surface area (Å²) in [4.78, 5) is 27.7. The standard InChI is InChI=1S/C22H31N3O4/c1-25(2)10-4-9-23-20(26)18-11-15-6-5-14(18)13-22(15)24-21(27)17-8-7-16(28-3)12-19(17)29-22/h7-8,12,14-15,18H,4-6,9-11,13H2,1-3H3,(H,23,26)(H,24,27)/t14-,15-,18-,22+/m1/s1. The Kier molecular flexibility index (Phi) is 5.42. The van der Waals surface area contributed by atoms with Crippen molar-refractivity contribution in [3.8, 4) is 11.5 Å². The Morgan fingerprint density at radius 2 is 2.21 bits per heavy atom. The van der Waals surface area contributed by atoms with Gasteiger partial charge >= 0.3 is 0 Å². The highest BCUT2D eigenvalue weighted by molar-refractivity contribution is 5.98. The van der Waals surface area contributed by atoms with Gasteiger partial charge in [0.25, 0.3) is 5.91 Å². The van der Waals surface area contributed by atoms with Crippen molar-refractivity contribution in [1.82, 2.24) is 15.5 Å². The summed E-state index contributed by atoms with van der Waals surface area (Å²) in [5.41, 5.74) is -0.172. The molecule has 0 aromatic heterocycles. The van der Waals surface area contributed by atoms with Gasteiger partial charge in [0.05, 0.1) is 12.7 Å². The fourth-order valence-corrected chi connectivity index (χ4v) is 5.18. The highest BCUT2D eigenvalue weighted by Gasteiger charge is 2.57. The number of benzene rings is 1. The molecule has 7 nitrogen and oxygen atoms in total. The second-order valence-corrected chi connectivity index (χ2v) is 8.84. The number of hydrogen-bond acceptors (Lipinski definition) is 5. The Balaban J connectivity index is 1.45. The summed E-state index contributed by atoms with van der Waals surface area (Å²) in [5.74, 6) is 1.65. The average molecular weight is 402 g/mol. The quantitative estimate of drug-likeness (QED) is 0.713. The molecule has 1 spiro atoms. The number of methoxy groups -OCH3 is 1. The number of amides is 2. The second-order valence-electron chi connectivity index (χ2n) is 8.84. The fraction of sp³-hybridized carbons (Fsp3) is 0.636. The average Bonchev–Trinajstić information content (AvgIpc) is 2.70. The lowest BCUT2D eigenvalue weighted by molar-refractivity contribution is -0.146. The van der Waals surface area contributed by atoms with E-state index in [1.807, 2.05) is 14.1 Å². The van der Waals surface area contributed by atoms with Crippen LogP contribution in [0.15, 0.2) is 18.2 Å². The molecule has 3 saturated carbocycles. The summed E-state index contributed by atoms with van der Waals surface area (Å²) in [7, 11) is 5.67. The number of nitrogens with zero attached hydrogens (tertiary/aromatic N) is 1. The van der Waals surface area contributed by atoms with E-state index in [1.54, 1.807) is 25.3 Å². The van der Waals surface area contributed by atoms with Crippen LogP contribution >= 0.6 is 0 Å². The Bertz CT molecular complexity index is 796. The third-order valence-corrected chi connectivity index (χ3v) is 6.69. The zero-order chi connectivity index (χ0) is 20.6. The maximum absolute atomic E-state index is 12.8. The van der Waals surface area contributed by atoms with Crippen LogP contribution in [0, 0.1) is 17.8 Å². The summed E-state index contributed by atoms with van der Waals surface area (Å²) in [6.45, 7) is 1.67. The highest BCUT2D eigenvalue weighted by Crippen LogP contribution is 2.52. The van der Waals surface area contributed by atoms with Gasteiger partial charge in [0.15, 0.2) is 5.72 Å². The summed E-state index contributed by atoms with van der Waals surface area (Å²) in [6, 6.07) is 5.29. The van der Waals surface area contributed by atoms with E-state index in [0.717, 1.165) is 32.2 Å². The zero-order valence-corrected chi connectivity index (χ0v) is 17.5. The number of carbonyl (C=O) groups is 2. The molecule has 1 aromatic rings. The van der Waals surface area contributed by atoms with Crippen molar-refractivity contribution in [1.29, 1.82) is 0 Å². The summed E-state index contributed by atoms with van der Waals surface area (Å²) >= 11 is 0. The Hall–Kier alpha value is -2.28. The van der Waals surface area contributed by atoms with Gasteiger partial charge in [-0.1, -0.05) is 0 Å². The van der Waals surface area contributed by atoms with E-state index in [4.69, 9.17) is 9.47 Å². The largest absolute Gasteiger partial charge is 0.497 e. The van der Waals surface area contributed by atoms with E-state index < -0.39 is 5.72 Å². The molecule has 0 unspecified atom stereocenters. The molecule has 7 heteroatoms. The summed E-state index contributed by atoms with van der Waals surface area (Å²) < 4.78 is 11.7. The molecule has 1 aromatic carbocycles. The van der Waals surface area contributed by atoms with Gasteiger partial charge in [-0.05, 0) is 64.4 Å². The Morgan fingerprint density at radius 3 is 2.90 bits per heavy atom. The molecule has 2 N–H and O–H groups in total. The summed E-state index contributed by atoms with van der Waals surface area (Å²) in [6.07, 6.45) is 4.35. The van der Waals surface area contributed by atoms with Gasteiger partial charge in [0.2, 0.25) is 5.91 Å². The third-order valence-electron chi connectivity index (χ3n) is 6.69.